The molecule has 0 atom stereocenters. The topological polar surface area (TPSA) is 98.8 Å². The van der Waals surface area contributed by atoms with Crippen molar-refractivity contribution in [2.75, 3.05) is 38.5 Å². The smallest absolute Gasteiger partial charge is 0.324 e. The maximum atomic E-state index is 12.4. The van der Waals surface area contributed by atoms with Gasteiger partial charge in [-0.25, -0.2) is 17.5 Å². The number of carbonyl (C=O) groups is 2. The molecule has 2 N–H and O–H groups in total. The van der Waals surface area contributed by atoms with Crippen molar-refractivity contribution in [2.45, 2.75) is 24.7 Å². The Kier molecular flexibility index (Phi) is 6.38. The van der Waals surface area contributed by atoms with Crippen LogP contribution in [0.4, 0.5) is 10.5 Å². The minimum absolute atomic E-state index is 0.0318. The standard InChI is InChI=1S/C16H24N4O4S/c1-3-4-10-19(2)25(23,24)14-7-5-13(6-8-14)18-12-15(21)20-11-9-17-16(20)22/h5-8,18H,3-4,9-12H2,1-2H3,(H,17,22). The van der Waals surface area contributed by atoms with Gasteiger partial charge in [0.2, 0.25) is 15.9 Å². The first kappa shape index (κ1) is 19.2. The highest BCUT2D eigenvalue weighted by Crippen LogP contribution is 2.18. The first-order valence-electron chi connectivity index (χ1n) is 8.24. The minimum Gasteiger partial charge on any atom is -0.376 e. The molecule has 0 unspecified atom stereocenters. The van der Waals surface area contributed by atoms with Gasteiger partial charge in [-0.2, -0.15) is 0 Å². The molecule has 1 heterocycles. The molecule has 9 heteroatoms. The van der Waals surface area contributed by atoms with Crippen LogP contribution in [0.3, 0.4) is 0 Å². The highest BCUT2D eigenvalue weighted by atomic mass is 32.2. The Morgan fingerprint density at radius 3 is 2.56 bits per heavy atom. The van der Waals surface area contributed by atoms with Crippen LogP contribution in [0.1, 0.15) is 19.8 Å². The predicted molar refractivity (Wildman–Crippen MR) is 94.8 cm³/mol. The summed E-state index contributed by atoms with van der Waals surface area (Å²) in [5.41, 5.74) is 0.614. The third-order valence-corrected chi connectivity index (χ3v) is 5.86. The summed E-state index contributed by atoms with van der Waals surface area (Å²) in [4.78, 5) is 24.7. The fraction of sp³-hybridized carbons (Fsp3) is 0.500. The van der Waals surface area contributed by atoms with Gasteiger partial charge in [0.15, 0.2) is 0 Å². The summed E-state index contributed by atoms with van der Waals surface area (Å²) >= 11 is 0. The van der Waals surface area contributed by atoms with Crippen LogP contribution in [-0.2, 0) is 14.8 Å². The van der Waals surface area contributed by atoms with Gasteiger partial charge in [0.1, 0.15) is 0 Å². The van der Waals surface area contributed by atoms with Gasteiger partial charge >= 0.3 is 6.03 Å². The number of amides is 3. The van der Waals surface area contributed by atoms with Gasteiger partial charge in [0, 0.05) is 32.4 Å². The third kappa shape index (κ3) is 4.70. The summed E-state index contributed by atoms with van der Waals surface area (Å²) < 4.78 is 26.2. The quantitative estimate of drug-likeness (QED) is 0.715. The molecule has 0 saturated carbocycles. The molecule has 0 aliphatic carbocycles. The number of benzene rings is 1. The van der Waals surface area contributed by atoms with Crippen LogP contribution in [0.2, 0.25) is 0 Å². The van der Waals surface area contributed by atoms with Crippen molar-refractivity contribution in [1.29, 1.82) is 0 Å². The highest BCUT2D eigenvalue weighted by Gasteiger charge is 2.25. The van der Waals surface area contributed by atoms with Crippen LogP contribution in [0.25, 0.3) is 0 Å². The van der Waals surface area contributed by atoms with Gasteiger partial charge in [0.05, 0.1) is 11.4 Å². The number of nitrogens with one attached hydrogen (secondary N) is 2. The average molecular weight is 368 g/mol. The van der Waals surface area contributed by atoms with E-state index >= 15 is 0 Å². The molecule has 1 fully saturated rings. The molecule has 25 heavy (non-hydrogen) atoms. The molecule has 0 bridgehead atoms. The van der Waals surface area contributed by atoms with Crippen LogP contribution >= 0.6 is 0 Å². The van der Waals surface area contributed by atoms with Crippen molar-refractivity contribution in [2.24, 2.45) is 0 Å². The number of unbranched alkanes of at least 4 members (excludes halogenated alkanes) is 1. The molecule has 8 nitrogen and oxygen atoms in total. The number of imide groups is 1. The first-order chi connectivity index (χ1) is 11.9. The zero-order valence-electron chi connectivity index (χ0n) is 14.5. The van der Waals surface area contributed by atoms with E-state index < -0.39 is 10.0 Å². The summed E-state index contributed by atoms with van der Waals surface area (Å²) in [5, 5.41) is 5.47. The molecule has 3 amide bonds. The van der Waals surface area contributed by atoms with Crippen LogP contribution in [0, 0.1) is 0 Å². The fourth-order valence-corrected chi connectivity index (χ4v) is 3.62. The number of hydrogen-bond donors (Lipinski definition) is 2. The largest absolute Gasteiger partial charge is 0.376 e. The fourth-order valence-electron chi connectivity index (χ4n) is 2.41. The Hall–Kier alpha value is -2.13. The predicted octanol–water partition coefficient (Wildman–Crippen LogP) is 1.07. The second-order valence-electron chi connectivity index (χ2n) is 5.84. The number of hydrogen-bond acceptors (Lipinski definition) is 5. The molecule has 1 aromatic carbocycles. The van der Waals surface area contributed by atoms with E-state index in [9.17, 15) is 18.0 Å². The van der Waals surface area contributed by atoms with Gasteiger partial charge in [-0.05, 0) is 30.7 Å². The molecule has 0 spiro atoms. The van der Waals surface area contributed by atoms with E-state index in [1.54, 1.807) is 19.2 Å². The van der Waals surface area contributed by atoms with Gasteiger partial charge in [0.25, 0.3) is 0 Å². The second kappa shape index (κ2) is 8.30. The molecule has 1 aromatic rings. The molecular formula is C16H24N4O4S. The average Bonchev–Trinajstić information content (AvgIpc) is 3.04. The Labute approximate surface area is 148 Å². The molecule has 1 aliphatic heterocycles. The Bertz CT molecular complexity index is 718. The van der Waals surface area contributed by atoms with Crippen molar-refractivity contribution < 1.29 is 18.0 Å². The normalized spacial score (nSPS) is 14.7. The number of nitrogens with zero attached hydrogens (tertiary/aromatic N) is 2. The monoisotopic (exact) mass is 368 g/mol. The van der Waals surface area contributed by atoms with E-state index in [2.05, 4.69) is 10.6 Å². The Morgan fingerprint density at radius 2 is 2.00 bits per heavy atom. The lowest BCUT2D eigenvalue weighted by Crippen LogP contribution is -2.38. The van der Waals surface area contributed by atoms with Gasteiger partial charge in [-0.3, -0.25) is 9.69 Å². The van der Waals surface area contributed by atoms with Gasteiger partial charge in [-0.15, -0.1) is 0 Å². The maximum absolute atomic E-state index is 12.4. The van der Waals surface area contributed by atoms with Crippen molar-refractivity contribution in [3.63, 3.8) is 0 Å². The summed E-state index contributed by atoms with van der Waals surface area (Å²) in [5.74, 6) is -0.328. The lowest BCUT2D eigenvalue weighted by Gasteiger charge is -2.17. The van der Waals surface area contributed by atoms with Crippen molar-refractivity contribution >= 4 is 27.6 Å². The van der Waals surface area contributed by atoms with Crippen LogP contribution in [0.15, 0.2) is 29.2 Å². The lowest BCUT2D eigenvalue weighted by molar-refractivity contribution is -0.125. The van der Waals surface area contributed by atoms with E-state index in [1.807, 2.05) is 6.92 Å². The van der Waals surface area contributed by atoms with E-state index in [1.165, 1.54) is 16.4 Å². The lowest BCUT2D eigenvalue weighted by atomic mass is 10.3. The number of rotatable bonds is 8. The highest BCUT2D eigenvalue weighted by molar-refractivity contribution is 7.89. The van der Waals surface area contributed by atoms with E-state index in [0.717, 1.165) is 17.7 Å². The Balaban J connectivity index is 1.95. The summed E-state index contributed by atoms with van der Waals surface area (Å²) in [7, 11) is -1.94. The first-order valence-corrected chi connectivity index (χ1v) is 9.68. The number of carbonyl (C=O) groups excluding carboxylic acids is 2. The molecule has 0 aromatic heterocycles. The van der Waals surface area contributed by atoms with Crippen molar-refractivity contribution in [1.82, 2.24) is 14.5 Å². The zero-order valence-corrected chi connectivity index (χ0v) is 15.3. The maximum Gasteiger partial charge on any atom is 0.324 e. The van der Waals surface area contributed by atoms with E-state index in [4.69, 9.17) is 0 Å². The van der Waals surface area contributed by atoms with Gasteiger partial charge in [-0.1, -0.05) is 13.3 Å². The number of sulfonamides is 1. The van der Waals surface area contributed by atoms with Crippen molar-refractivity contribution in [3.05, 3.63) is 24.3 Å². The molecule has 1 aliphatic rings. The number of urea groups is 1. The molecular weight excluding hydrogens is 344 g/mol. The molecule has 1 saturated heterocycles. The van der Waals surface area contributed by atoms with E-state index in [-0.39, 0.29) is 23.4 Å². The second-order valence-corrected chi connectivity index (χ2v) is 7.88. The summed E-state index contributed by atoms with van der Waals surface area (Å²) in [6, 6.07) is 5.85. The minimum atomic E-state index is -3.50. The van der Waals surface area contributed by atoms with Gasteiger partial charge < -0.3 is 10.6 Å². The van der Waals surface area contributed by atoms with Crippen LogP contribution in [-0.4, -0.2) is 62.8 Å². The molecule has 0 radical (unpaired) electrons. The summed E-state index contributed by atoms with van der Waals surface area (Å²) in [6.45, 7) is 3.28. The molecule has 2 rings (SSSR count). The zero-order chi connectivity index (χ0) is 18.4. The Morgan fingerprint density at radius 1 is 1.32 bits per heavy atom. The van der Waals surface area contributed by atoms with Crippen LogP contribution < -0.4 is 10.6 Å². The van der Waals surface area contributed by atoms with E-state index in [0.29, 0.717) is 25.3 Å². The summed E-state index contributed by atoms with van der Waals surface area (Å²) in [6.07, 6.45) is 1.73. The van der Waals surface area contributed by atoms with Crippen LogP contribution in [0.5, 0.6) is 0 Å². The number of anilines is 1. The SMILES string of the molecule is CCCCN(C)S(=O)(=O)c1ccc(NCC(=O)N2CCNC2=O)cc1. The third-order valence-electron chi connectivity index (χ3n) is 3.99. The van der Waals surface area contributed by atoms with Crippen molar-refractivity contribution in [3.8, 4) is 0 Å². The molecule has 138 valence electrons.